The first kappa shape index (κ1) is 17.4. The lowest BCUT2D eigenvalue weighted by Gasteiger charge is -2.24. The fourth-order valence-electron chi connectivity index (χ4n) is 2.33. The minimum atomic E-state index is -0.198. The van der Waals surface area contributed by atoms with E-state index in [-0.39, 0.29) is 11.4 Å². The van der Waals surface area contributed by atoms with Crippen LogP contribution >= 0.6 is 11.8 Å². The monoisotopic (exact) mass is 355 g/mol. The molecule has 0 atom stereocenters. The number of rotatable bonds is 6. The van der Waals surface area contributed by atoms with Crippen molar-refractivity contribution in [2.24, 2.45) is 0 Å². The van der Waals surface area contributed by atoms with Crippen LogP contribution in [0.3, 0.4) is 0 Å². The third-order valence-electron chi connectivity index (χ3n) is 4.03. The van der Waals surface area contributed by atoms with Crippen molar-refractivity contribution in [3.05, 3.63) is 42.9 Å². The van der Waals surface area contributed by atoms with E-state index in [1.807, 2.05) is 44.2 Å². The summed E-state index contributed by atoms with van der Waals surface area (Å²) < 4.78 is 1.78. The number of carbonyl (C=O) groups is 1. The van der Waals surface area contributed by atoms with Gasteiger partial charge in [-0.05, 0) is 32.4 Å². The van der Waals surface area contributed by atoms with Crippen molar-refractivity contribution >= 4 is 28.7 Å². The van der Waals surface area contributed by atoms with Crippen molar-refractivity contribution in [1.29, 1.82) is 0 Å². The van der Waals surface area contributed by atoms with Crippen LogP contribution in [-0.4, -0.2) is 36.9 Å². The molecule has 0 bridgehead atoms. The molecule has 6 nitrogen and oxygen atoms in total. The number of amides is 1. The van der Waals surface area contributed by atoms with Gasteiger partial charge in [-0.25, -0.2) is 14.6 Å². The second-order valence-electron chi connectivity index (χ2n) is 6.38. The quantitative estimate of drug-likeness (QED) is 0.543. The zero-order chi connectivity index (χ0) is 17.9. The molecule has 2 aromatic heterocycles. The normalized spacial score (nSPS) is 11.6. The van der Waals surface area contributed by atoms with E-state index in [0.29, 0.717) is 5.75 Å². The first-order valence-corrected chi connectivity index (χ1v) is 9.17. The number of nitrogens with zero attached hydrogens (tertiary/aromatic N) is 4. The molecule has 25 heavy (non-hydrogen) atoms. The van der Waals surface area contributed by atoms with Gasteiger partial charge < -0.3 is 5.32 Å². The molecule has 0 aliphatic carbocycles. The van der Waals surface area contributed by atoms with E-state index in [4.69, 9.17) is 0 Å². The van der Waals surface area contributed by atoms with Crippen LogP contribution in [0.15, 0.2) is 47.9 Å². The van der Waals surface area contributed by atoms with E-state index >= 15 is 0 Å². The molecule has 0 aliphatic rings. The van der Waals surface area contributed by atoms with Gasteiger partial charge in [-0.2, -0.15) is 5.10 Å². The van der Waals surface area contributed by atoms with Gasteiger partial charge in [-0.1, -0.05) is 36.9 Å². The van der Waals surface area contributed by atoms with Crippen LogP contribution in [0.25, 0.3) is 16.7 Å². The third kappa shape index (κ3) is 3.99. The molecule has 0 spiro atoms. The molecule has 0 saturated carbocycles. The van der Waals surface area contributed by atoms with Gasteiger partial charge in [0.25, 0.3) is 0 Å². The van der Waals surface area contributed by atoms with Crippen molar-refractivity contribution in [3.8, 4) is 5.69 Å². The average molecular weight is 355 g/mol. The minimum Gasteiger partial charge on any atom is -0.351 e. The summed E-state index contributed by atoms with van der Waals surface area (Å²) in [5, 5.41) is 9.06. The van der Waals surface area contributed by atoms with Gasteiger partial charge in [-0.15, -0.1) is 0 Å². The summed E-state index contributed by atoms with van der Waals surface area (Å²) >= 11 is 1.40. The fraction of sp³-hybridized carbons (Fsp3) is 0.333. The Morgan fingerprint density at radius 3 is 2.72 bits per heavy atom. The van der Waals surface area contributed by atoms with Gasteiger partial charge in [-0.3, -0.25) is 4.79 Å². The van der Waals surface area contributed by atoms with Gasteiger partial charge in [0.05, 0.1) is 23.0 Å². The average Bonchev–Trinajstić information content (AvgIpc) is 3.05. The Morgan fingerprint density at radius 2 is 2.00 bits per heavy atom. The molecule has 3 aromatic rings. The largest absolute Gasteiger partial charge is 0.351 e. The van der Waals surface area contributed by atoms with E-state index in [0.717, 1.165) is 28.2 Å². The molecular weight excluding hydrogens is 334 g/mol. The number of hydrogen-bond donors (Lipinski definition) is 1. The molecule has 0 fully saturated rings. The molecule has 0 radical (unpaired) electrons. The number of benzene rings is 1. The molecule has 1 aromatic carbocycles. The molecule has 130 valence electrons. The summed E-state index contributed by atoms with van der Waals surface area (Å²) in [4.78, 5) is 20.8. The highest BCUT2D eigenvalue weighted by atomic mass is 32.2. The van der Waals surface area contributed by atoms with Crippen molar-refractivity contribution < 1.29 is 4.79 Å². The highest BCUT2D eigenvalue weighted by molar-refractivity contribution is 8.00. The maximum atomic E-state index is 12.2. The molecule has 1 amide bonds. The lowest BCUT2D eigenvalue weighted by atomic mass is 10.0. The Balaban J connectivity index is 1.80. The molecule has 3 rings (SSSR count). The summed E-state index contributed by atoms with van der Waals surface area (Å²) in [7, 11) is 0. The standard InChI is InChI=1S/C18H21N5OS/c1-4-18(2,3)22-15(24)11-25-17-14-10-21-23(16(14)19-12-20-17)13-8-6-5-7-9-13/h5-10,12H,4,11H2,1-3H3,(H,22,24). The van der Waals surface area contributed by atoms with Crippen LogP contribution in [0.2, 0.25) is 0 Å². The maximum absolute atomic E-state index is 12.2. The van der Waals surface area contributed by atoms with E-state index in [1.165, 1.54) is 18.1 Å². The fourth-order valence-corrected chi connectivity index (χ4v) is 3.09. The highest BCUT2D eigenvalue weighted by Crippen LogP contribution is 2.25. The van der Waals surface area contributed by atoms with E-state index in [2.05, 4.69) is 27.3 Å². The second kappa shape index (κ2) is 7.23. The number of para-hydroxylation sites is 1. The number of carbonyl (C=O) groups excluding carboxylic acids is 1. The summed E-state index contributed by atoms with van der Waals surface area (Å²) in [5.41, 5.74) is 1.48. The summed E-state index contributed by atoms with van der Waals surface area (Å²) in [6.45, 7) is 6.09. The minimum absolute atomic E-state index is 0.000867. The van der Waals surface area contributed by atoms with Crippen molar-refractivity contribution in [1.82, 2.24) is 25.1 Å². The smallest absolute Gasteiger partial charge is 0.230 e. The number of fused-ring (bicyclic) bond motifs is 1. The molecule has 7 heteroatoms. The molecule has 0 unspecified atom stereocenters. The van der Waals surface area contributed by atoms with E-state index in [9.17, 15) is 4.79 Å². The van der Waals surface area contributed by atoms with Crippen LogP contribution in [-0.2, 0) is 4.79 Å². The van der Waals surface area contributed by atoms with Crippen LogP contribution in [0, 0.1) is 0 Å². The number of nitrogens with one attached hydrogen (secondary N) is 1. The summed E-state index contributed by atoms with van der Waals surface area (Å²) in [6, 6.07) is 9.82. The van der Waals surface area contributed by atoms with Crippen molar-refractivity contribution in [2.75, 3.05) is 5.75 Å². The SMILES string of the molecule is CCC(C)(C)NC(=O)CSc1ncnc2c1cnn2-c1ccccc1. The third-order valence-corrected chi connectivity index (χ3v) is 5.04. The molecule has 0 saturated heterocycles. The second-order valence-corrected chi connectivity index (χ2v) is 7.35. The lowest BCUT2D eigenvalue weighted by molar-refractivity contribution is -0.120. The zero-order valence-corrected chi connectivity index (χ0v) is 15.4. The van der Waals surface area contributed by atoms with Crippen LogP contribution < -0.4 is 5.32 Å². The maximum Gasteiger partial charge on any atom is 0.230 e. The first-order valence-electron chi connectivity index (χ1n) is 8.18. The zero-order valence-electron chi connectivity index (χ0n) is 14.6. The Hall–Kier alpha value is -2.41. The predicted octanol–water partition coefficient (Wildman–Crippen LogP) is 3.21. The van der Waals surface area contributed by atoms with Gasteiger partial charge in [0.2, 0.25) is 5.91 Å². The highest BCUT2D eigenvalue weighted by Gasteiger charge is 2.18. The van der Waals surface area contributed by atoms with Crippen molar-refractivity contribution in [3.63, 3.8) is 0 Å². The van der Waals surface area contributed by atoms with E-state index in [1.54, 1.807) is 10.9 Å². The predicted molar refractivity (Wildman–Crippen MR) is 99.9 cm³/mol. The molecule has 0 aliphatic heterocycles. The Labute approximate surface area is 151 Å². The Bertz CT molecular complexity index is 876. The Morgan fingerprint density at radius 1 is 1.24 bits per heavy atom. The van der Waals surface area contributed by atoms with Crippen LogP contribution in [0.1, 0.15) is 27.2 Å². The lowest BCUT2D eigenvalue weighted by Crippen LogP contribution is -2.43. The first-order chi connectivity index (χ1) is 12.0. The van der Waals surface area contributed by atoms with Gasteiger partial charge >= 0.3 is 0 Å². The van der Waals surface area contributed by atoms with Crippen LogP contribution in [0.5, 0.6) is 0 Å². The van der Waals surface area contributed by atoms with Gasteiger partial charge in [0, 0.05) is 5.54 Å². The van der Waals surface area contributed by atoms with E-state index < -0.39 is 0 Å². The van der Waals surface area contributed by atoms with Gasteiger partial charge in [0.15, 0.2) is 5.65 Å². The molecular formula is C18H21N5OS. The summed E-state index contributed by atoms with van der Waals surface area (Å²) in [6.07, 6.45) is 4.14. The Kier molecular flexibility index (Phi) is 5.03. The summed E-state index contributed by atoms with van der Waals surface area (Å²) in [5.74, 6) is 0.311. The number of aromatic nitrogens is 4. The number of thioether (sulfide) groups is 1. The van der Waals surface area contributed by atoms with Gasteiger partial charge in [0.1, 0.15) is 11.4 Å². The van der Waals surface area contributed by atoms with Crippen LogP contribution in [0.4, 0.5) is 0 Å². The molecule has 2 heterocycles. The van der Waals surface area contributed by atoms with Crippen molar-refractivity contribution in [2.45, 2.75) is 37.8 Å². The topological polar surface area (TPSA) is 72.7 Å². The number of hydrogen-bond acceptors (Lipinski definition) is 5. The molecule has 1 N–H and O–H groups in total.